The second-order valence-corrected chi connectivity index (χ2v) is 3.26. The number of urea groups is 1. The van der Waals surface area contributed by atoms with Crippen LogP contribution in [0.15, 0.2) is 0 Å². The molecule has 1 aliphatic heterocycles. The van der Waals surface area contributed by atoms with Crippen LogP contribution >= 0.6 is 0 Å². The Hall–Kier alpha value is -0.810. The lowest BCUT2D eigenvalue weighted by Gasteiger charge is -2.20. The number of methoxy groups -OCH3 is 1. The van der Waals surface area contributed by atoms with E-state index in [4.69, 9.17) is 9.47 Å². The molecule has 1 saturated heterocycles. The lowest BCUT2D eigenvalue weighted by molar-refractivity contribution is 0.0739. The topological polar surface area (TPSA) is 50.8 Å². The number of hydrogen-bond donors (Lipinski definition) is 1. The molecular formula is C8H16N2O3. The number of rotatable bonds is 2. The summed E-state index contributed by atoms with van der Waals surface area (Å²) in [4.78, 5) is 12.8. The first kappa shape index (κ1) is 10.3. The predicted molar refractivity (Wildman–Crippen MR) is 47.6 cm³/mol. The van der Waals surface area contributed by atoms with Crippen molar-refractivity contribution in [3.05, 3.63) is 0 Å². The van der Waals surface area contributed by atoms with Crippen LogP contribution in [0.25, 0.3) is 0 Å². The third kappa shape index (κ3) is 2.57. The Morgan fingerprint density at radius 3 is 2.77 bits per heavy atom. The lowest BCUT2D eigenvalue weighted by Crippen LogP contribution is -2.47. The Bertz CT molecular complexity index is 184. The molecule has 2 amide bonds. The summed E-state index contributed by atoms with van der Waals surface area (Å²) in [6, 6.07) is -0.141. The molecule has 1 rings (SSSR count). The number of nitrogens with zero attached hydrogens (tertiary/aromatic N) is 1. The molecule has 0 aliphatic carbocycles. The molecule has 0 aromatic heterocycles. The first-order valence-electron chi connectivity index (χ1n) is 4.23. The van der Waals surface area contributed by atoms with Crippen LogP contribution in [0.4, 0.5) is 4.79 Å². The van der Waals surface area contributed by atoms with E-state index in [9.17, 15) is 4.79 Å². The summed E-state index contributed by atoms with van der Waals surface area (Å²) in [5.41, 5.74) is 0. The van der Waals surface area contributed by atoms with Gasteiger partial charge in [0.25, 0.3) is 0 Å². The standard InChI is InChI=1S/C8H16N2O3/c1-10(2)8(11)9-6-4-13-5-7(6)12-3/h6-7H,4-5H2,1-3H3,(H,9,11)/t6-,7-/m0/s1. The van der Waals surface area contributed by atoms with Gasteiger partial charge in [0.1, 0.15) is 6.10 Å². The monoisotopic (exact) mass is 188 g/mol. The maximum absolute atomic E-state index is 11.3. The highest BCUT2D eigenvalue weighted by molar-refractivity contribution is 5.73. The van der Waals surface area contributed by atoms with Crippen molar-refractivity contribution in [1.29, 1.82) is 0 Å². The fourth-order valence-electron chi connectivity index (χ4n) is 1.19. The van der Waals surface area contributed by atoms with E-state index in [1.165, 1.54) is 4.90 Å². The average molecular weight is 188 g/mol. The Balaban J connectivity index is 2.39. The summed E-state index contributed by atoms with van der Waals surface area (Å²) in [5.74, 6) is 0. The molecule has 0 unspecified atom stereocenters. The van der Waals surface area contributed by atoms with Gasteiger partial charge in [0.15, 0.2) is 0 Å². The van der Waals surface area contributed by atoms with Crippen LogP contribution in [-0.4, -0.2) is 57.5 Å². The summed E-state index contributed by atoms with van der Waals surface area (Å²) in [6.07, 6.45) is -0.0242. The highest BCUT2D eigenvalue weighted by atomic mass is 16.5. The first-order chi connectivity index (χ1) is 6.15. The van der Waals surface area contributed by atoms with Crippen molar-refractivity contribution in [2.45, 2.75) is 12.1 Å². The van der Waals surface area contributed by atoms with E-state index in [0.717, 1.165) is 0 Å². The quantitative estimate of drug-likeness (QED) is 0.645. The van der Waals surface area contributed by atoms with Gasteiger partial charge in [0.05, 0.1) is 19.3 Å². The molecular weight excluding hydrogens is 172 g/mol. The maximum Gasteiger partial charge on any atom is 0.317 e. The molecule has 0 spiro atoms. The number of hydrogen-bond acceptors (Lipinski definition) is 3. The second-order valence-electron chi connectivity index (χ2n) is 3.26. The van der Waals surface area contributed by atoms with E-state index in [0.29, 0.717) is 13.2 Å². The zero-order valence-electron chi connectivity index (χ0n) is 8.24. The predicted octanol–water partition coefficient (Wildman–Crippen LogP) is -0.329. The molecule has 76 valence electrons. The molecule has 0 aromatic rings. The molecule has 13 heavy (non-hydrogen) atoms. The second kappa shape index (κ2) is 4.43. The van der Waals surface area contributed by atoms with Gasteiger partial charge >= 0.3 is 6.03 Å². The fraction of sp³-hybridized carbons (Fsp3) is 0.875. The number of ether oxygens (including phenoxy) is 2. The zero-order valence-corrected chi connectivity index (χ0v) is 8.24. The SMILES string of the molecule is CO[C@H]1COC[C@@H]1NC(=O)N(C)C. The van der Waals surface area contributed by atoms with Crippen LogP contribution in [0.1, 0.15) is 0 Å². The van der Waals surface area contributed by atoms with Gasteiger partial charge in [-0.25, -0.2) is 4.79 Å². The van der Waals surface area contributed by atoms with Gasteiger partial charge in [-0.15, -0.1) is 0 Å². The van der Waals surface area contributed by atoms with Crippen LogP contribution in [0.3, 0.4) is 0 Å². The van der Waals surface area contributed by atoms with E-state index in [2.05, 4.69) is 5.32 Å². The zero-order chi connectivity index (χ0) is 9.84. The third-order valence-corrected chi connectivity index (χ3v) is 2.05. The molecule has 5 heteroatoms. The normalized spacial score (nSPS) is 27.3. The molecule has 0 aromatic carbocycles. The van der Waals surface area contributed by atoms with E-state index in [1.54, 1.807) is 21.2 Å². The van der Waals surface area contributed by atoms with Crippen LogP contribution in [0.2, 0.25) is 0 Å². The molecule has 2 atom stereocenters. The Morgan fingerprint density at radius 2 is 2.23 bits per heavy atom. The smallest absolute Gasteiger partial charge is 0.317 e. The molecule has 1 heterocycles. The average Bonchev–Trinajstić information content (AvgIpc) is 2.51. The van der Waals surface area contributed by atoms with Crippen molar-refractivity contribution in [2.75, 3.05) is 34.4 Å². The van der Waals surface area contributed by atoms with Gasteiger partial charge in [-0.1, -0.05) is 0 Å². The molecule has 0 bridgehead atoms. The third-order valence-electron chi connectivity index (χ3n) is 2.05. The molecule has 1 aliphatic rings. The summed E-state index contributed by atoms with van der Waals surface area (Å²) in [6.45, 7) is 1.08. The molecule has 1 N–H and O–H groups in total. The van der Waals surface area contributed by atoms with Crippen LogP contribution in [0.5, 0.6) is 0 Å². The Kier molecular flexibility index (Phi) is 3.50. The van der Waals surface area contributed by atoms with Crippen molar-refractivity contribution in [2.24, 2.45) is 0 Å². The van der Waals surface area contributed by atoms with Crippen molar-refractivity contribution in [3.8, 4) is 0 Å². The minimum atomic E-state index is -0.113. The summed E-state index contributed by atoms with van der Waals surface area (Å²) in [7, 11) is 5.02. The first-order valence-corrected chi connectivity index (χ1v) is 4.23. The van der Waals surface area contributed by atoms with E-state index < -0.39 is 0 Å². The van der Waals surface area contributed by atoms with E-state index in [1.807, 2.05) is 0 Å². The lowest BCUT2D eigenvalue weighted by atomic mass is 10.2. The summed E-state index contributed by atoms with van der Waals surface area (Å²) < 4.78 is 10.3. The van der Waals surface area contributed by atoms with Gasteiger partial charge in [-0.05, 0) is 0 Å². The largest absolute Gasteiger partial charge is 0.377 e. The molecule has 1 fully saturated rings. The van der Waals surface area contributed by atoms with Crippen LogP contribution in [-0.2, 0) is 9.47 Å². The van der Waals surface area contributed by atoms with E-state index in [-0.39, 0.29) is 18.2 Å². The maximum atomic E-state index is 11.3. The van der Waals surface area contributed by atoms with Gasteiger partial charge in [-0.2, -0.15) is 0 Å². The highest BCUT2D eigenvalue weighted by Gasteiger charge is 2.29. The summed E-state index contributed by atoms with van der Waals surface area (Å²) in [5, 5.41) is 2.82. The molecule has 0 saturated carbocycles. The van der Waals surface area contributed by atoms with E-state index >= 15 is 0 Å². The number of amides is 2. The van der Waals surface area contributed by atoms with Crippen molar-refractivity contribution < 1.29 is 14.3 Å². The Labute approximate surface area is 78.0 Å². The number of nitrogens with one attached hydrogen (secondary N) is 1. The van der Waals surface area contributed by atoms with Crippen LogP contribution < -0.4 is 5.32 Å². The minimum Gasteiger partial charge on any atom is -0.377 e. The van der Waals surface area contributed by atoms with Gasteiger partial charge in [0, 0.05) is 21.2 Å². The summed E-state index contributed by atoms with van der Waals surface area (Å²) >= 11 is 0. The highest BCUT2D eigenvalue weighted by Crippen LogP contribution is 2.08. The van der Waals surface area contributed by atoms with Crippen molar-refractivity contribution >= 4 is 6.03 Å². The van der Waals surface area contributed by atoms with Crippen LogP contribution in [0, 0.1) is 0 Å². The number of carbonyl (C=O) groups excluding carboxylic acids is 1. The van der Waals surface area contributed by atoms with Gasteiger partial charge in [0.2, 0.25) is 0 Å². The minimum absolute atomic E-state index is 0.0242. The van der Waals surface area contributed by atoms with Gasteiger partial charge in [-0.3, -0.25) is 0 Å². The number of carbonyl (C=O) groups is 1. The van der Waals surface area contributed by atoms with Gasteiger partial charge < -0.3 is 19.7 Å². The molecule has 0 radical (unpaired) electrons. The van der Waals surface area contributed by atoms with Crippen molar-refractivity contribution in [1.82, 2.24) is 10.2 Å². The Morgan fingerprint density at radius 1 is 1.54 bits per heavy atom. The molecule has 5 nitrogen and oxygen atoms in total. The fourth-order valence-corrected chi connectivity index (χ4v) is 1.19. The van der Waals surface area contributed by atoms with Crippen molar-refractivity contribution in [3.63, 3.8) is 0 Å².